The maximum atomic E-state index is 12.1. The molecule has 0 aromatic carbocycles. The summed E-state index contributed by atoms with van der Waals surface area (Å²) < 4.78 is 1.58. The Balaban J connectivity index is 1.84. The highest BCUT2D eigenvalue weighted by atomic mass is 16.1. The Bertz CT molecular complexity index is 711. The number of hydrogen-bond donors (Lipinski definition) is 1. The van der Waals surface area contributed by atoms with Crippen LogP contribution < -0.4 is 5.32 Å². The van der Waals surface area contributed by atoms with Crippen molar-refractivity contribution in [1.29, 1.82) is 0 Å². The summed E-state index contributed by atoms with van der Waals surface area (Å²) in [6.07, 6.45) is 7.91. The van der Waals surface area contributed by atoms with E-state index in [1.54, 1.807) is 41.3 Å². The van der Waals surface area contributed by atoms with E-state index in [0.717, 1.165) is 0 Å². The molecule has 3 heterocycles. The van der Waals surface area contributed by atoms with E-state index in [2.05, 4.69) is 25.4 Å². The van der Waals surface area contributed by atoms with E-state index in [1.807, 2.05) is 0 Å². The molecule has 0 fully saturated rings. The lowest BCUT2D eigenvalue weighted by molar-refractivity contribution is 0.102. The highest BCUT2D eigenvalue weighted by Gasteiger charge is 2.09. The summed E-state index contributed by atoms with van der Waals surface area (Å²) in [6.45, 7) is 0. The molecular weight excluding hydrogens is 256 g/mol. The molecule has 0 atom stereocenters. The number of nitrogens with one attached hydrogen (secondary N) is 1. The average Bonchev–Trinajstić information content (AvgIpc) is 3.03. The minimum Gasteiger partial charge on any atom is -0.304 e. The second-order valence-corrected chi connectivity index (χ2v) is 3.88. The van der Waals surface area contributed by atoms with Crippen LogP contribution in [0.3, 0.4) is 0 Å². The number of carbonyl (C=O) groups is 1. The van der Waals surface area contributed by atoms with E-state index in [0.29, 0.717) is 11.6 Å². The summed E-state index contributed by atoms with van der Waals surface area (Å²) in [5.41, 5.74) is 0.281. The molecule has 0 aliphatic heterocycles. The van der Waals surface area contributed by atoms with E-state index >= 15 is 0 Å². The fraction of sp³-hybridized carbons (Fsp3) is 0. The van der Waals surface area contributed by atoms with Crippen molar-refractivity contribution in [2.45, 2.75) is 0 Å². The minimum atomic E-state index is -0.348. The van der Waals surface area contributed by atoms with Gasteiger partial charge in [0.15, 0.2) is 11.6 Å². The quantitative estimate of drug-likeness (QED) is 0.772. The third-order valence-electron chi connectivity index (χ3n) is 2.51. The number of hydrogen-bond acceptors (Lipinski definition) is 5. The van der Waals surface area contributed by atoms with Gasteiger partial charge in [-0.15, -0.1) is 0 Å². The Kier molecular flexibility index (Phi) is 3.15. The van der Waals surface area contributed by atoms with Crippen LogP contribution in [-0.2, 0) is 0 Å². The molecule has 0 spiro atoms. The van der Waals surface area contributed by atoms with Crippen molar-refractivity contribution >= 4 is 11.7 Å². The smallest absolute Gasteiger partial charge is 0.275 e. The summed E-state index contributed by atoms with van der Waals surface area (Å²) in [6, 6.07) is 6.92. The number of rotatable bonds is 3. The summed E-state index contributed by atoms with van der Waals surface area (Å²) >= 11 is 0. The van der Waals surface area contributed by atoms with Crippen LogP contribution >= 0.6 is 0 Å². The zero-order valence-corrected chi connectivity index (χ0v) is 10.3. The molecule has 0 bridgehead atoms. The van der Waals surface area contributed by atoms with Crippen molar-refractivity contribution < 1.29 is 4.79 Å². The number of nitrogens with zero attached hydrogens (tertiary/aromatic N) is 5. The van der Waals surface area contributed by atoms with Crippen molar-refractivity contribution in [1.82, 2.24) is 24.7 Å². The van der Waals surface area contributed by atoms with Crippen LogP contribution in [0.5, 0.6) is 0 Å². The Hall–Kier alpha value is -3.09. The predicted octanol–water partition coefficient (Wildman–Crippen LogP) is 1.31. The van der Waals surface area contributed by atoms with Gasteiger partial charge in [-0.25, -0.2) is 14.6 Å². The van der Waals surface area contributed by atoms with Crippen molar-refractivity contribution in [2.75, 3.05) is 5.32 Å². The Morgan fingerprint density at radius 3 is 2.85 bits per heavy atom. The second-order valence-electron chi connectivity index (χ2n) is 3.88. The van der Waals surface area contributed by atoms with Gasteiger partial charge in [-0.2, -0.15) is 5.10 Å². The van der Waals surface area contributed by atoms with E-state index in [-0.39, 0.29) is 11.6 Å². The molecule has 0 unspecified atom stereocenters. The Labute approximate surface area is 114 Å². The fourth-order valence-electron chi connectivity index (χ4n) is 1.63. The number of aromatic nitrogens is 5. The van der Waals surface area contributed by atoms with Crippen LogP contribution in [0.2, 0.25) is 0 Å². The summed E-state index contributed by atoms with van der Waals surface area (Å²) in [5, 5.41) is 6.70. The van der Waals surface area contributed by atoms with Gasteiger partial charge in [-0.05, 0) is 18.2 Å². The standard InChI is InChI=1S/C13H10N6O/c20-13(18-11-9-14-6-7-15-11)10-3-1-4-12(17-10)19-8-2-5-16-19/h1-9H,(H,15,18,20). The van der Waals surface area contributed by atoms with Gasteiger partial charge < -0.3 is 5.32 Å². The van der Waals surface area contributed by atoms with Crippen LogP contribution in [0.4, 0.5) is 5.82 Å². The SMILES string of the molecule is O=C(Nc1cnccn1)c1cccc(-n2cccn2)n1. The molecule has 98 valence electrons. The monoisotopic (exact) mass is 266 g/mol. The van der Waals surface area contributed by atoms with Crippen molar-refractivity contribution in [3.63, 3.8) is 0 Å². The van der Waals surface area contributed by atoms with Gasteiger partial charge in [0.2, 0.25) is 0 Å². The first-order valence-electron chi connectivity index (χ1n) is 5.87. The minimum absolute atomic E-state index is 0.281. The molecule has 3 aromatic rings. The van der Waals surface area contributed by atoms with Crippen molar-refractivity contribution in [2.24, 2.45) is 0 Å². The van der Waals surface area contributed by atoms with Gasteiger partial charge in [0, 0.05) is 24.8 Å². The highest BCUT2D eigenvalue weighted by Crippen LogP contribution is 2.06. The van der Waals surface area contributed by atoms with Crippen LogP contribution in [0.1, 0.15) is 10.5 Å². The molecule has 1 amide bonds. The molecule has 0 radical (unpaired) electrons. The third-order valence-corrected chi connectivity index (χ3v) is 2.51. The van der Waals surface area contributed by atoms with Gasteiger partial charge >= 0.3 is 0 Å². The molecule has 3 rings (SSSR count). The summed E-state index contributed by atoms with van der Waals surface area (Å²) in [7, 11) is 0. The van der Waals surface area contributed by atoms with Crippen molar-refractivity contribution in [3.05, 3.63) is 60.9 Å². The van der Waals surface area contributed by atoms with Crippen LogP contribution in [0.15, 0.2) is 55.2 Å². The Morgan fingerprint density at radius 2 is 2.10 bits per heavy atom. The predicted molar refractivity (Wildman–Crippen MR) is 71.3 cm³/mol. The maximum Gasteiger partial charge on any atom is 0.275 e. The summed E-state index contributed by atoms with van der Waals surface area (Å²) in [4.78, 5) is 24.2. The molecule has 0 saturated heterocycles. The third kappa shape index (κ3) is 2.51. The Morgan fingerprint density at radius 1 is 1.15 bits per heavy atom. The largest absolute Gasteiger partial charge is 0.304 e. The van der Waals surface area contributed by atoms with E-state index in [4.69, 9.17) is 0 Å². The molecule has 7 heteroatoms. The molecule has 0 saturated carbocycles. The zero-order valence-electron chi connectivity index (χ0n) is 10.3. The number of anilines is 1. The number of amides is 1. The topological polar surface area (TPSA) is 85.6 Å². The molecule has 7 nitrogen and oxygen atoms in total. The number of carbonyl (C=O) groups excluding carboxylic acids is 1. The zero-order chi connectivity index (χ0) is 13.8. The molecule has 0 aliphatic rings. The van der Waals surface area contributed by atoms with E-state index < -0.39 is 0 Å². The normalized spacial score (nSPS) is 10.2. The molecule has 3 aromatic heterocycles. The molecule has 20 heavy (non-hydrogen) atoms. The maximum absolute atomic E-state index is 12.1. The van der Waals surface area contributed by atoms with Gasteiger partial charge in [-0.3, -0.25) is 9.78 Å². The second kappa shape index (κ2) is 5.27. The average molecular weight is 266 g/mol. The van der Waals surface area contributed by atoms with Crippen molar-refractivity contribution in [3.8, 4) is 5.82 Å². The first kappa shape index (κ1) is 12.0. The first-order valence-corrected chi connectivity index (χ1v) is 5.87. The summed E-state index contributed by atoms with van der Waals surface area (Å²) in [5.74, 6) is 0.602. The van der Waals surface area contributed by atoms with Gasteiger partial charge in [0.05, 0.1) is 6.20 Å². The van der Waals surface area contributed by atoms with Crippen LogP contribution in [0, 0.1) is 0 Å². The van der Waals surface area contributed by atoms with E-state index in [1.165, 1.54) is 18.6 Å². The first-order chi connectivity index (χ1) is 9.83. The lowest BCUT2D eigenvalue weighted by Gasteiger charge is -2.05. The van der Waals surface area contributed by atoms with Crippen LogP contribution in [-0.4, -0.2) is 30.6 Å². The lowest BCUT2D eigenvalue weighted by atomic mass is 10.3. The molecule has 1 N–H and O–H groups in total. The molecule has 0 aliphatic carbocycles. The van der Waals surface area contributed by atoms with Crippen LogP contribution in [0.25, 0.3) is 5.82 Å². The number of pyridine rings is 1. The van der Waals surface area contributed by atoms with Gasteiger partial charge in [0.25, 0.3) is 5.91 Å². The van der Waals surface area contributed by atoms with E-state index in [9.17, 15) is 4.79 Å². The van der Waals surface area contributed by atoms with Gasteiger partial charge in [0.1, 0.15) is 5.69 Å². The highest BCUT2D eigenvalue weighted by molar-refractivity contribution is 6.02. The lowest BCUT2D eigenvalue weighted by Crippen LogP contribution is -2.15. The molecular formula is C13H10N6O. The van der Waals surface area contributed by atoms with Gasteiger partial charge in [-0.1, -0.05) is 6.07 Å². The fourth-order valence-corrected chi connectivity index (χ4v) is 1.63.